The average molecular weight is 454 g/mol. The second kappa shape index (κ2) is 10.9. The monoisotopic (exact) mass is 454 g/mol. The molecule has 2 nitrogen and oxygen atoms in total. The zero-order chi connectivity index (χ0) is 21.2. The first-order valence-electron chi connectivity index (χ1n) is 9.61. The van der Waals surface area contributed by atoms with E-state index in [1.807, 2.05) is 103 Å². The molecule has 3 aromatic carbocycles. The van der Waals surface area contributed by atoms with Crippen molar-refractivity contribution in [1.29, 1.82) is 0 Å². The Kier molecular flexibility index (Phi) is 8.03. The first-order valence-corrected chi connectivity index (χ1v) is 12.5. The molecule has 0 fully saturated rings. The maximum absolute atomic E-state index is 12.2. The number of hydrogen-bond donors (Lipinski definition) is 0. The molecule has 0 saturated carbocycles. The molecule has 0 radical (unpaired) electrons. The summed E-state index contributed by atoms with van der Waals surface area (Å²) >= 11 is 0.632. The third-order valence-corrected chi connectivity index (χ3v) is 9.17. The van der Waals surface area contributed by atoms with Gasteiger partial charge in [-0.15, -0.1) is 0 Å². The van der Waals surface area contributed by atoms with E-state index >= 15 is 0 Å². The fourth-order valence-electron chi connectivity index (χ4n) is 3.20. The molecule has 0 N–H and O–H groups in total. The first kappa shape index (κ1) is 22.0. The van der Waals surface area contributed by atoms with Gasteiger partial charge in [0.2, 0.25) is 0 Å². The molecular weight excluding hydrogens is 431 g/mol. The second-order valence-electron chi connectivity index (χ2n) is 6.54. The molecule has 0 saturated heterocycles. The number of benzene rings is 3. The van der Waals surface area contributed by atoms with Gasteiger partial charge in [-0.2, -0.15) is 0 Å². The van der Waals surface area contributed by atoms with Crippen molar-refractivity contribution in [1.82, 2.24) is 0 Å². The quantitative estimate of drug-likeness (QED) is 0.420. The van der Waals surface area contributed by atoms with Crippen LogP contribution in [-0.4, -0.2) is 10.3 Å². The van der Waals surface area contributed by atoms with Crippen molar-refractivity contribution in [2.24, 2.45) is 0 Å². The summed E-state index contributed by atoms with van der Waals surface area (Å²) in [6.45, 7) is -0.716. The van der Waals surface area contributed by atoms with Crippen LogP contribution in [0.5, 0.6) is 0 Å². The minimum absolute atomic E-state index is 0.255. The second-order valence-corrected chi connectivity index (χ2v) is 11.4. The average Bonchev–Trinajstić information content (AvgIpc) is 3.30. The van der Waals surface area contributed by atoms with E-state index < -0.39 is 6.89 Å². The van der Waals surface area contributed by atoms with Gasteiger partial charge in [-0.1, -0.05) is 91.0 Å². The molecule has 0 atom stereocenters. The number of carbonyl (C=O) groups is 1. The van der Waals surface area contributed by atoms with E-state index in [0.29, 0.717) is 15.0 Å². The van der Waals surface area contributed by atoms with Gasteiger partial charge in [0.25, 0.3) is 0 Å². The van der Waals surface area contributed by atoms with Crippen molar-refractivity contribution < 1.29 is 24.5 Å². The van der Waals surface area contributed by atoms with E-state index in [1.165, 1.54) is 4.47 Å². The molecule has 152 valence electrons. The predicted octanol–water partition coefficient (Wildman–Crippen LogP) is 4.51. The van der Waals surface area contributed by atoms with Crippen molar-refractivity contribution in [2.75, 3.05) is 0 Å². The molecule has 30 heavy (non-hydrogen) atoms. The van der Waals surface area contributed by atoms with Crippen LogP contribution in [0, 0.1) is 0 Å². The Labute approximate surface area is 184 Å². The van der Waals surface area contributed by atoms with E-state index in [9.17, 15) is 9.59 Å². The molecule has 0 spiro atoms. The van der Waals surface area contributed by atoms with Gasteiger partial charge in [-0.25, -0.2) is 4.79 Å². The predicted molar refractivity (Wildman–Crippen MR) is 123 cm³/mol. The van der Waals surface area contributed by atoms with E-state index in [2.05, 4.69) is 11.7 Å². The standard InChI is InChI=1S/C19H15OP.C5H5.C2H3O.Fe/c20-16-21(17-10-4-1-5-11-17,18-12-6-2-7-13-18)19-14-8-3-9-15-19;1-2-4-5-3-1;1-2-3;/h1-15H;1-3H,4H2;1H3;. The van der Waals surface area contributed by atoms with Gasteiger partial charge in [0, 0.05) is 0 Å². The van der Waals surface area contributed by atoms with Crippen LogP contribution in [0.15, 0.2) is 114 Å². The van der Waals surface area contributed by atoms with Crippen molar-refractivity contribution in [3.8, 4) is 0 Å². The van der Waals surface area contributed by atoms with Gasteiger partial charge in [-0.05, 0) is 15.9 Å². The number of rotatable bonds is 5. The molecule has 4 heteroatoms. The molecule has 0 heterocycles. The molecular formula is C26H23FeO2P. The number of carbonyl (C=O) groups excluding carboxylic acids is 2. The van der Waals surface area contributed by atoms with Crippen LogP contribution >= 0.6 is 6.89 Å². The van der Waals surface area contributed by atoms with E-state index in [1.54, 1.807) is 6.92 Å². The molecule has 0 amide bonds. The maximum atomic E-state index is 12.2. The summed E-state index contributed by atoms with van der Waals surface area (Å²) in [6, 6.07) is 29.9. The van der Waals surface area contributed by atoms with Gasteiger partial charge in [0.05, 0.1) is 6.89 Å². The summed E-state index contributed by atoms with van der Waals surface area (Å²) in [4.78, 5) is 22.7. The van der Waals surface area contributed by atoms with Crippen LogP contribution in [0.25, 0.3) is 0 Å². The Morgan fingerprint density at radius 3 is 1.53 bits per heavy atom. The summed E-state index contributed by atoms with van der Waals surface area (Å²) < 4.78 is 1.49. The summed E-state index contributed by atoms with van der Waals surface area (Å²) in [5.74, 6) is 0. The number of hydrogen-bond acceptors (Lipinski definition) is 2. The van der Waals surface area contributed by atoms with Gasteiger partial charge in [-0.3, -0.25) is 0 Å². The summed E-state index contributed by atoms with van der Waals surface area (Å²) in [6.07, 6.45) is 7.05. The molecule has 0 unspecified atom stereocenters. The summed E-state index contributed by atoms with van der Waals surface area (Å²) in [5, 5.41) is 3.12. The fourth-order valence-corrected chi connectivity index (χ4v) is 7.21. The Morgan fingerprint density at radius 1 is 0.800 bits per heavy atom. The van der Waals surface area contributed by atoms with Crippen LogP contribution in [-0.2, 0) is 24.5 Å². The minimum Gasteiger partial charge on any atom is -0.233 e. The Balaban J connectivity index is 0.000000239. The molecule has 0 aliphatic heterocycles. The summed E-state index contributed by atoms with van der Waals surface area (Å²) in [5.41, 5.74) is 2.43. The van der Waals surface area contributed by atoms with Crippen molar-refractivity contribution in [3.05, 3.63) is 114 Å². The fraction of sp³-hybridized carbons (Fsp3) is 0.0769. The number of allylic oxidation sites excluding steroid dienone is 4. The molecule has 3 aromatic rings. The minimum atomic E-state index is -2.34. The maximum Gasteiger partial charge on any atom is 0.128 e. The zero-order valence-corrected chi connectivity index (χ0v) is 18.7. The van der Waals surface area contributed by atoms with Gasteiger partial charge < -0.3 is 0 Å². The Bertz CT molecular complexity index is 1010. The Morgan fingerprint density at radius 2 is 1.23 bits per heavy atom. The van der Waals surface area contributed by atoms with Gasteiger partial charge >= 0.3 is 60.5 Å². The normalized spacial score (nSPS) is 12.5. The Hall–Kier alpha value is -2.66. The van der Waals surface area contributed by atoms with Crippen LogP contribution < -0.4 is 15.9 Å². The molecule has 1 aliphatic rings. The third-order valence-electron chi connectivity index (χ3n) is 4.52. The van der Waals surface area contributed by atoms with Crippen LogP contribution in [0.3, 0.4) is 0 Å². The van der Waals surface area contributed by atoms with Crippen molar-refractivity contribution in [2.45, 2.75) is 13.3 Å². The molecule has 1 aliphatic carbocycles. The van der Waals surface area contributed by atoms with Crippen molar-refractivity contribution >= 4 is 33.1 Å². The summed E-state index contributed by atoms with van der Waals surface area (Å²) in [7, 11) is 0. The molecule has 0 aromatic heterocycles. The van der Waals surface area contributed by atoms with E-state index in [4.69, 9.17) is 0 Å². The van der Waals surface area contributed by atoms with Gasteiger partial charge in [0.1, 0.15) is 5.66 Å². The zero-order valence-electron chi connectivity index (χ0n) is 16.7. The largest absolute Gasteiger partial charge is 0.233 e. The smallest absolute Gasteiger partial charge is 0.128 e. The van der Waals surface area contributed by atoms with Crippen LogP contribution in [0.2, 0.25) is 0 Å². The van der Waals surface area contributed by atoms with Crippen molar-refractivity contribution in [3.63, 3.8) is 0 Å². The third kappa shape index (κ3) is 5.28. The van der Waals surface area contributed by atoms with E-state index in [-0.39, 0.29) is 4.68 Å². The van der Waals surface area contributed by atoms with Crippen LogP contribution in [0.1, 0.15) is 13.3 Å². The molecule has 4 rings (SSSR count). The SMILES string of the molecule is C[C](=O)[Fe][C]1=CC=CC1.O=C=P(c1ccccc1)(c1ccccc1)c1ccccc1. The van der Waals surface area contributed by atoms with Crippen LogP contribution in [0.4, 0.5) is 0 Å². The topological polar surface area (TPSA) is 34.1 Å². The van der Waals surface area contributed by atoms with E-state index in [0.717, 1.165) is 22.3 Å². The molecule has 0 bridgehead atoms. The first-order chi connectivity index (χ1) is 14.7. The van der Waals surface area contributed by atoms with Gasteiger partial charge in [0.15, 0.2) is 0 Å².